The second kappa shape index (κ2) is 11.1. The Kier molecular flexibility index (Phi) is 7.68. The lowest BCUT2D eigenvalue weighted by Gasteiger charge is -2.17. The summed E-state index contributed by atoms with van der Waals surface area (Å²) in [6, 6.07) is 18.9. The van der Waals surface area contributed by atoms with Crippen LogP contribution in [0.1, 0.15) is 15.2 Å². The highest BCUT2D eigenvalue weighted by Crippen LogP contribution is 2.26. The van der Waals surface area contributed by atoms with Crippen LogP contribution in [-0.2, 0) is 6.54 Å². The van der Waals surface area contributed by atoms with Crippen LogP contribution in [0.2, 0.25) is 0 Å². The summed E-state index contributed by atoms with van der Waals surface area (Å²) in [7, 11) is 3.52. The Balaban J connectivity index is 1.47. The standard InChI is InChI=1S/C25H26N6O3S/c1-30(2)23(16-31(33)34)28-18-6-5-7-19(14-18)29-25(32)24-22(11-13-35-24)27-15-17-10-12-26-21-9-4-3-8-20(17)21/h3-14,27,33-34H,15-16H2,1-2H3,(H,29,32). The van der Waals surface area contributed by atoms with Gasteiger partial charge >= 0.3 is 0 Å². The van der Waals surface area contributed by atoms with E-state index >= 15 is 0 Å². The van der Waals surface area contributed by atoms with Crippen molar-refractivity contribution in [1.82, 2.24) is 15.1 Å². The van der Waals surface area contributed by atoms with E-state index in [9.17, 15) is 4.79 Å². The number of carbonyl (C=O) groups excluding carboxylic acids is 1. The number of anilines is 2. The minimum atomic E-state index is -0.229. The second-order valence-electron chi connectivity index (χ2n) is 7.96. The fourth-order valence-corrected chi connectivity index (χ4v) is 4.28. The van der Waals surface area contributed by atoms with Gasteiger partial charge in [0.05, 0.1) is 16.9 Å². The van der Waals surface area contributed by atoms with Gasteiger partial charge in [-0.05, 0) is 47.3 Å². The van der Waals surface area contributed by atoms with Gasteiger partial charge in [-0.2, -0.15) is 0 Å². The van der Waals surface area contributed by atoms with Crippen molar-refractivity contribution in [2.24, 2.45) is 4.99 Å². The first-order valence-corrected chi connectivity index (χ1v) is 11.7. The number of pyridine rings is 1. The van der Waals surface area contributed by atoms with Crippen molar-refractivity contribution in [2.75, 3.05) is 31.3 Å². The number of likely N-dealkylation sites (N-methyl/N-ethyl adjacent to an activating group) is 1. The predicted molar refractivity (Wildman–Crippen MR) is 139 cm³/mol. The molecule has 0 atom stereocenters. The molecule has 0 radical (unpaired) electrons. The number of aliphatic imine (C=N–C) groups is 1. The summed E-state index contributed by atoms with van der Waals surface area (Å²) in [6.07, 6.45) is 1.79. The molecule has 4 N–H and O–H groups in total. The van der Waals surface area contributed by atoms with Gasteiger partial charge < -0.3 is 15.5 Å². The average Bonchev–Trinajstić information content (AvgIpc) is 3.31. The minimum Gasteiger partial charge on any atom is -0.380 e. The molecule has 2 heterocycles. The van der Waals surface area contributed by atoms with E-state index in [-0.39, 0.29) is 17.7 Å². The summed E-state index contributed by atoms with van der Waals surface area (Å²) in [5, 5.41) is 27.6. The number of hydrogen-bond acceptors (Lipinski definition) is 8. The zero-order valence-corrected chi connectivity index (χ0v) is 20.2. The molecule has 0 aliphatic heterocycles. The van der Waals surface area contributed by atoms with E-state index in [1.165, 1.54) is 11.3 Å². The minimum absolute atomic E-state index is 0.0740. The Morgan fingerprint density at radius 2 is 1.91 bits per heavy atom. The van der Waals surface area contributed by atoms with Crippen LogP contribution in [0.15, 0.2) is 77.2 Å². The molecule has 10 heteroatoms. The molecule has 4 rings (SSSR count). The van der Waals surface area contributed by atoms with Crippen molar-refractivity contribution >= 4 is 51.0 Å². The zero-order chi connectivity index (χ0) is 24.8. The third-order valence-electron chi connectivity index (χ3n) is 5.24. The third-order valence-corrected chi connectivity index (χ3v) is 6.15. The molecule has 0 unspecified atom stereocenters. The van der Waals surface area contributed by atoms with Crippen LogP contribution in [0.5, 0.6) is 0 Å². The van der Waals surface area contributed by atoms with Crippen molar-refractivity contribution in [1.29, 1.82) is 0 Å². The number of hydrogen-bond donors (Lipinski definition) is 4. The number of rotatable bonds is 8. The fourth-order valence-electron chi connectivity index (χ4n) is 3.52. The molecule has 0 saturated carbocycles. The summed E-state index contributed by atoms with van der Waals surface area (Å²) < 4.78 is 0. The van der Waals surface area contributed by atoms with Crippen LogP contribution in [0.25, 0.3) is 10.9 Å². The molecule has 35 heavy (non-hydrogen) atoms. The number of para-hydroxylation sites is 1. The van der Waals surface area contributed by atoms with Crippen molar-refractivity contribution in [3.63, 3.8) is 0 Å². The number of amides is 1. The van der Waals surface area contributed by atoms with Gasteiger partial charge in [0, 0.05) is 37.9 Å². The first kappa shape index (κ1) is 24.3. The van der Waals surface area contributed by atoms with Gasteiger partial charge in [0.25, 0.3) is 5.91 Å². The Morgan fingerprint density at radius 3 is 2.71 bits per heavy atom. The third kappa shape index (κ3) is 6.19. The summed E-state index contributed by atoms with van der Waals surface area (Å²) in [4.78, 5) is 24.1. The molecule has 0 spiro atoms. The van der Waals surface area contributed by atoms with Gasteiger partial charge in [0.15, 0.2) is 0 Å². The topological polar surface area (TPSA) is 113 Å². The lowest BCUT2D eigenvalue weighted by molar-refractivity contribution is -0.297. The highest BCUT2D eigenvalue weighted by atomic mass is 32.1. The first-order chi connectivity index (χ1) is 16.9. The Morgan fingerprint density at radius 1 is 1.09 bits per heavy atom. The van der Waals surface area contributed by atoms with E-state index in [1.807, 2.05) is 41.8 Å². The van der Waals surface area contributed by atoms with E-state index in [2.05, 4.69) is 20.6 Å². The van der Waals surface area contributed by atoms with Gasteiger partial charge in [-0.25, -0.2) is 4.99 Å². The van der Waals surface area contributed by atoms with E-state index in [0.29, 0.717) is 28.6 Å². The number of nitrogens with zero attached hydrogens (tertiary/aromatic N) is 4. The smallest absolute Gasteiger partial charge is 0.267 e. The molecule has 0 bridgehead atoms. The molecule has 4 aromatic rings. The maximum absolute atomic E-state index is 13.0. The van der Waals surface area contributed by atoms with Crippen molar-refractivity contribution in [3.8, 4) is 0 Å². The van der Waals surface area contributed by atoms with Crippen LogP contribution in [0.3, 0.4) is 0 Å². The van der Waals surface area contributed by atoms with Crippen LogP contribution in [-0.4, -0.2) is 57.9 Å². The number of carbonyl (C=O) groups is 1. The quantitative estimate of drug-likeness (QED) is 0.159. The maximum Gasteiger partial charge on any atom is 0.267 e. The maximum atomic E-state index is 13.0. The Hall–Kier alpha value is -3.83. The summed E-state index contributed by atoms with van der Waals surface area (Å²) in [6.45, 7) is 0.394. The molecule has 1 amide bonds. The first-order valence-electron chi connectivity index (χ1n) is 10.9. The van der Waals surface area contributed by atoms with Crippen molar-refractivity contribution in [2.45, 2.75) is 6.54 Å². The number of nitrogens with one attached hydrogen (secondary N) is 2. The zero-order valence-electron chi connectivity index (χ0n) is 19.3. The highest BCUT2D eigenvalue weighted by molar-refractivity contribution is 7.12. The molecule has 2 aromatic carbocycles. The number of benzene rings is 2. The van der Waals surface area contributed by atoms with Gasteiger partial charge in [-0.15, -0.1) is 11.3 Å². The summed E-state index contributed by atoms with van der Waals surface area (Å²) in [5.74, 6) is 0.208. The van der Waals surface area contributed by atoms with E-state index in [4.69, 9.17) is 10.4 Å². The molecule has 0 aliphatic rings. The normalized spacial score (nSPS) is 11.6. The molecule has 0 saturated heterocycles. The van der Waals surface area contributed by atoms with Crippen molar-refractivity contribution in [3.05, 3.63) is 82.7 Å². The van der Waals surface area contributed by atoms with Gasteiger partial charge in [0.1, 0.15) is 17.3 Å². The van der Waals surface area contributed by atoms with Crippen LogP contribution in [0.4, 0.5) is 17.1 Å². The van der Waals surface area contributed by atoms with Crippen LogP contribution < -0.4 is 10.6 Å². The molecule has 0 fully saturated rings. The monoisotopic (exact) mass is 490 g/mol. The van der Waals surface area contributed by atoms with Gasteiger partial charge in [-0.1, -0.05) is 29.5 Å². The van der Waals surface area contributed by atoms with E-state index < -0.39 is 0 Å². The number of fused-ring (bicyclic) bond motifs is 1. The van der Waals surface area contributed by atoms with E-state index in [0.717, 1.165) is 22.2 Å². The molecule has 0 aliphatic carbocycles. The lowest BCUT2D eigenvalue weighted by Crippen LogP contribution is -2.33. The fraction of sp³-hybridized carbons (Fsp3) is 0.160. The largest absolute Gasteiger partial charge is 0.380 e. The average molecular weight is 491 g/mol. The second-order valence-corrected chi connectivity index (χ2v) is 8.88. The molecule has 9 nitrogen and oxygen atoms in total. The van der Waals surface area contributed by atoms with Crippen LogP contribution in [0, 0.1) is 0 Å². The van der Waals surface area contributed by atoms with E-state index in [1.54, 1.807) is 49.5 Å². The van der Waals surface area contributed by atoms with Gasteiger partial charge in [0.2, 0.25) is 0 Å². The number of amidine groups is 1. The van der Waals surface area contributed by atoms with Crippen LogP contribution >= 0.6 is 11.3 Å². The predicted octanol–water partition coefficient (Wildman–Crippen LogP) is 4.83. The molecular weight excluding hydrogens is 464 g/mol. The summed E-state index contributed by atoms with van der Waals surface area (Å²) in [5.41, 5.74) is 3.94. The molecular formula is C25H26N6O3S. The summed E-state index contributed by atoms with van der Waals surface area (Å²) >= 11 is 1.36. The lowest BCUT2D eigenvalue weighted by atomic mass is 10.1. The highest BCUT2D eigenvalue weighted by Gasteiger charge is 2.14. The SMILES string of the molecule is CN(C)C(CN(O)O)=Nc1cccc(NC(=O)c2sccc2NCc2ccnc3ccccc23)c1. The number of hydroxylamine groups is 2. The number of thiophene rings is 1. The number of aromatic nitrogens is 1. The van der Waals surface area contributed by atoms with Crippen molar-refractivity contribution < 1.29 is 15.2 Å². The Bertz CT molecular complexity index is 1350. The molecule has 180 valence electrons. The van der Waals surface area contributed by atoms with Gasteiger partial charge in [-0.3, -0.25) is 20.2 Å². The molecule has 2 aromatic heterocycles. The Labute approximate surface area is 206 Å².